The first-order chi connectivity index (χ1) is 10.1. The van der Waals surface area contributed by atoms with Crippen molar-refractivity contribution >= 4 is 16.3 Å². The van der Waals surface area contributed by atoms with Crippen molar-refractivity contribution in [1.82, 2.24) is 9.38 Å². The topological polar surface area (TPSA) is 46.8 Å². The lowest BCUT2D eigenvalue weighted by molar-refractivity contribution is 0.269. The minimum Gasteiger partial charge on any atom is -0.437 e. The Balaban J connectivity index is 2.01. The third-order valence-corrected chi connectivity index (χ3v) is 4.32. The highest BCUT2D eigenvalue weighted by Crippen LogP contribution is 2.31. The fourth-order valence-corrected chi connectivity index (χ4v) is 2.95. The van der Waals surface area contributed by atoms with Crippen molar-refractivity contribution < 1.29 is 9.84 Å². The van der Waals surface area contributed by atoms with Crippen LogP contribution in [0.15, 0.2) is 29.8 Å². The summed E-state index contributed by atoms with van der Waals surface area (Å²) in [6, 6.07) is 6.22. The van der Waals surface area contributed by atoms with Gasteiger partial charge < -0.3 is 9.84 Å². The van der Waals surface area contributed by atoms with Crippen LogP contribution >= 0.6 is 11.3 Å². The number of aliphatic hydroxyl groups excluding tert-OH is 1. The molecule has 1 N–H and O–H groups in total. The van der Waals surface area contributed by atoms with Crippen LogP contribution in [0, 0.1) is 6.92 Å². The third kappa shape index (κ3) is 2.54. The van der Waals surface area contributed by atoms with E-state index in [1.807, 2.05) is 22.9 Å². The van der Waals surface area contributed by atoms with Crippen LogP contribution in [0.5, 0.6) is 11.6 Å². The third-order valence-electron chi connectivity index (χ3n) is 3.56. The van der Waals surface area contributed by atoms with Gasteiger partial charge in [0.25, 0.3) is 0 Å². The smallest absolute Gasteiger partial charge is 0.244 e. The van der Waals surface area contributed by atoms with Gasteiger partial charge in [0.1, 0.15) is 11.4 Å². The number of fused-ring (bicyclic) bond motifs is 1. The highest BCUT2D eigenvalue weighted by atomic mass is 32.1. The first-order valence-corrected chi connectivity index (χ1v) is 7.81. The molecular weight excluding hydrogens is 284 g/mol. The van der Waals surface area contributed by atoms with Crippen LogP contribution in [0.25, 0.3) is 4.96 Å². The Morgan fingerprint density at radius 3 is 2.90 bits per heavy atom. The zero-order valence-corrected chi connectivity index (χ0v) is 13.1. The molecule has 0 spiro atoms. The molecule has 5 heteroatoms. The predicted molar refractivity (Wildman–Crippen MR) is 84.3 cm³/mol. The molecule has 21 heavy (non-hydrogen) atoms. The zero-order chi connectivity index (χ0) is 15.0. The van der Waals surface area contributed by atoms with Gasteiger partial charge in [-0.1, -0.05) is 26.0 Å². The van der Waals surface area contributed by atoms with Crippen LogP contribution < -0.4 is 4.74 Å². The van der Waals surface area contributed by atoms with Gasteiger partial charge in [-0.2, -0.15) is 4.98 Å². The number of thiazole rings is 1. The average molecular weight is 302 g/mol. The van der Waals surface area contributed by atoms with Gasteiger partial charge in [0.2, 0.25) is 5.88 Å². The van der Waals surface area contributed by atoms with Gasteiger partial charge in [0, 0.05) is 11.6 Å². The number of aromatic nitrogens is 2. The van der Waals surface area contributed by atoms with Gasteiger partial charge in [0.05, 0.1) is 6.61 Å². The largest absolute Gasteiger partial charge is 0.437 e. The summed E-state index contributed by atoms with van der Waals surface area (Å²) < 4.78 is 7.84. The van der Waals surface area contributed by atoms with Crippen LogP contribution in [0.4, 0.5) is 0 Å². The van der Waals surface area contributed by atoms with E-state index < -0.39 is 0 Å². The van der Waals surface area contributed by atoms with Crippen molar-refractivity contribution in [2.75, 3.05) is 0 Å². The normalized spacial score (nSPS) is 11.5. The lowest BCUT2D eigenvalue weighted by atomic mass is 10.0. The van der Waals surface area contributed by atoms with Gasteiger partial charge in [0.15, 0.2) is 4.96 Å². The number of rotatable bonds is 4. The van der Waals surface area contributed by atoms with Crippen molar-refractivity contribution in [3.8, 4) is 11.6 Å². The summed E-state index contributed by atoms with van der Waals surface area (Å²) in [7, 11) is 0. The zero-order valence-electron chi connectivity index (χ0n) is 12.3. The first-order valence-electron chi connectivity index (χ1n) is 6.94. The predicted octanol–water partition coefficient (Wildman–Crippen LogP) is 4.11. The van der Waals surface area contributed by atoms with Crippen LogP contribution in [0.2, 0.25) is 0 Å². The number of imidazole rings is 1. The fraction of sp³-hybridized carbons (Fsp3) is 0.312. The van der Waals surface area contributed by atoms with Gasteiger partial charge in [-0.25, -0.2) is 0 Å². The molecule has 110 valence electrons. The summed E-state index contributed by atoms with van der Waals surface area (Å²) in [4.78, 5) is 5.28. The summed E-state index contributed by atoms with van der Waals surface area (Å²) in [5.74, 6) is 1.71. The maximum absolute atomic E-state index is 9.58. The summed E-state index contributed by atoms with van der Waals surface area (Å²) in [6.45, 7) is 6.22. The fourth-order valence-electron chi connectivity index (χ4n) is 2.23. The van der Waals surface area contributed by atoms with Gasteiger partial charge in [-0.05, 0) is 30.0 Å². The Morgan fingerprint density at radius 1 is 1.38 bits per heavy atom. The molecule has 0 aliphatic heterocycles. The first kappa shape index (κ1) is 14.1. The molecule has 3 rings (SSSR count). The SMILES string of the molecule is Cc1ccc(C(C)C)cc1Oc1nc2sccn2c1CO. The van der Waals surface area contributed by atoms with Crippen LogP contribution in [-0.2, 0) is 6.61 Å². The van der Waals surface area contributed by atoms with E-state index in [2.05, 4.69) is 37.0 Å². The minimum absolute atomic E-state index is 0.101. The van der Waals surface area contributed by atoms with Gasteiger partial charge in [-0.3, -0.25) is 4.40 Å². The Bertz CT molecular complexity index is 774. The highest BCUT2D eigenvalue weighted by Gasteiger charge is 2.15. The molecule has 0 radical (unpaired) electrons. The quantitative estimate of drug-likeness (QED) is 0.789. The van der Waals surface area contributed by atoms with Crippen LogP contribution in [-0.4, -0.2) is 14.5 Å². The molecule has 0 saturated carbocycles. The van der Waals surface area contributed by atoms with E-state index in [0.717, 1.165) is 16.3 Å². The molecule has 0 atom stereocenters. The molecule has 4 nitrogen and oxygen atoms in total. The second-order valence-electron chi connectivity index (χ2n) is 5.36. The van der Waals surface area contributed by atoms with E-state index in [0.29, 0.717) is 17.5 Å². The molecule has 0 bridgehead atoms. The summed E-state index contributed by atoms with van der Waals surface area (Å²) >= 11 is 1.52. The number of hydrogen-bond acceptors (Lipinski definition) is 4. The molecule has 0 saturated heterocycles. The lowest BCUT2D eigenvalue weighted by Gasteiger charge is -2.11. The number of aryl methyl sites for hydroxylation is 1. The number of ether oxygens (including phenoxy) is 1. The Morgan fingerprint density at radius 2 is 2.19 bits per heavy atom. The van der Waals surface area contributed by atoms with E-state index in [4.69, 9.17) is 4.74 Å². The maximum atomic E-state index is 9.58. The van der Waals surface area contributed by atoms with Crippen molar-refractivity contribution in [3.63, 3.8) is 0 Å². The van der Waals surface area contributed by atoms with E-state index >= 15 is 0 Å². The molecule has 0 aliphatic rings. The molecule has 3 aromatic rings. The molecule has 0 aliphatic carbocycles. The van der Waals surface area contributed by atoms with Crippen molar-refractivity contribution in [1.29, 1.82) is 0 Å². The molecule has 0 fully saturated rings. The maximum Gasteiger partial charge on any atom is 0.244 e. The number of aliphatic hydroxyl groups is 1. The number of hydrogen-bond donors (Lipinski definition) is 1. The Labute approximate surface area is 127 Å². The Hall–Kier alpha value is -1.85. The molecular formula is C16H18N2O2S. The summed E-state index contributed by atoms with van der Waals surface area (Å²) in [5.41, 5.74) is 2.96. The number of nitrogens with zero attached hydrogens (tertiary/aromatic N) is 2. The van der Waals surface area contributed by atoms with E-state index in [-0.39, 0.29) is 6.61 Å². The molecule has 0 amide bonds. The minimum atomic E-state index is -0.101. The molecule has 2 heterocycles. The summed E-state index contributed by atoms with van der Waals surface area (Å²) in [6.07, 6.45) is 1.89. The second kappa shape index (κ2) is 5.50. The average Bonchev–Trinajstić information content (AvgIpc) is 3.01. The molecule has 0 unspecified atom stereocenters. The molecule has 1 aromatic carbocycles. The number of benzene rings is 1. The lowest BCUT2D eigenvalue weighted by Crippen LogP contribution is -1.96. The van der Waals surface area contributed by atoms with Crippen molar-refractivity contribution in [2.45, 2.75) is 33.3 Å². The van der Waals surface area contributed by atoms with E-state index in [1.165, 1.54) is 16.9 Å². The summed E-state index contributed by atoms with van der Waals surface area (Å²) in [5, 5.41) is 11.5. The second-order valence-corrected chi connectivity index (χ2v) is 6.23. The van der Waals surface area contributed by atoms with E-state index in [1.54, 1.807) is 0 Å². The molecule has 2 aromatic heterocycles. The monoisotopic (exact) mass is 302 g/mol. The van der Waals surface area contributed by atoms with Crippen molar-refractivity contribution in [3.05, 3.63) is 46.6 Å². The van der Waals surface area contributed by atoms with Crippen molar-refractivity contribution in [2.24, 2.45) is 0 Å². The van der Waals surface area contributed by atoms with Crippen LogP contribution in [0.3, 0.4) is 0 Å². The highest BCUT2D eigenvalue weighted by molar-refractivity contribution is 7.15. The standard InChI is InChI=1S/C16H18N2O2S/c1-10(2)12-5-4-11(3)14(8-12)20-15-13(9-19)18-6-7-21-16(18)17-15/h4-8,10,19H,9H2,1-3H3. The Kier molecular flexibility index (Phi) is 3.69. The van der Waals surface area contributed by atoms with Crippen LogP contribution in [0.1, 0.15) is 36.6 Å². The van der Waals surface area contributed by atoms with Gasteiger partial charge in [-0.15, -0.1) is 11.3 Å². The van der Waals surface area contributed by atoms with Gasteiger partial charge >= 0.3 is 0 Å². The van der Waals surface area contributed by atoms with E-state index in [9.17, 15) is 5.11 Å².